The Balaban J connectivity index is 2.35. The van der Waals surface area contributed by atoms with Crippen molar-refractivity contribution < 1.29 is 17.6 Å². The smallest absolute Gasteiger partial charge is 0.313 e. The number of pyridine rings is 1. The first-order valence-corrected chi connectivity index (χ1v) is 8.25. The minimum absolute atomic E-state index is 0.0309. The van der Waals surface area contributed by atoms with Gasteiger partial charge >= 0.3 is 6.18 Å². The molecule has 7 heteroatoms. The second kappa shape index (κ2) is 7.31. The molecule has 0 unspecified atom stereocenters. The van der Waals surface area contributed by atoms with E-state index < -0.39 is 28.8 Å². The second-order valence-corrected chi connectivity index (χ2v) is 6.25. The Hall–Kier alpha value is -3.40. The third-order valence-corrected chi connectivity index (χ3v) is 4.29. The van der Waals surface area contributed by atoms with Crippen LogP contribution in [-0.4, -0.2) is 4.57 Å². The van der Waals surface area contributed by atoms with E-state index in [1.54, 1.807) is 37.3 Å². The summed E-state index contributed by atoms with van der Waals surface area (Å²) in [6.07, 6.45) is -4.87. The Morgan fingerprint density at radius 2 is 1.79 bits per heavy atom. The summed E-state index contributed by atoms with van der Waals surface area (Å²) in [6.45, 7) is 8.54. The van der Waals surface area contributed by atoms with Crippen molar-refractivity contribution in [2.45, 2.75) is 19.6 Å². The van der Waals surface area contributed by atoms with Crippen LogP contribution in [-0.2, 0) is 12.7 Å². The topological polar surface area (TPSA) is 26.4 Å². The standard InChI is InChI=1S/C21H14F4N2O/c1-13-6-5-8-14(10-13)18-11-16(21(23,24)25)19(26-2)20(28)27(18)12-15-7-3-4-9-17(15)22/h3-11H,12H2,1H3. The summed E-state index contributed by atoms with van der Waals surface area (Å²) in [4.78, 5) is 15.6. The molecule has 3 rings (SSSR count). The number of aryl methyl sites for hydroxylation is 1. The number of aromatic nitrogens is 1. The number of halogens is 4. The van der Waals surface area contributed by atoms with Gasteiger partial charge in [0.05, 0.1) is 18.7 Å². The zero-order valence-corrected chi connectivity index (χ0v) is 14.7. The zero-order chi connectivity index (χ0) is 20.5. The lowest BCUT2D eigenvalue weighted by atomic mass is 10.0. The van der Waals surface area contributed by atoms with Crippen molar-refractivity contribution in [2.75, 3.05) is 0 Å². The van der Waals surface area contributed by atoms with Crippen molar-refractivity contribution >= 4 is 5.69 Å². The predicted octanol–water partition coefficient (Wildman–Crippen LogP) is 5.58. The highest BCUT2D eigenvalue weighted by Crippen LogP contribution is 2.37. The van der Waals surface area contributed by atoms with Gasteiger partial charge in [0.2, 0.25) is 0 Å². The summed E-state index contributed by atoms with van der Waals surface area (Å²) < 4.78 is 55.5. The first-order chi connectivity index (χ1) is 13.2. The average Bonchev–Trinajstić information content (AvgIpc) is 2.63. The van der Waals surface area contributed by atoms with Crippen LogP contribution in [0.15, 0.2) is 59.4 Å². The van der Waals surface area contributed by atoms with E-state index in [1.165, 1.54) is 18.2 Å². The lowest BCUT2D eigenvalue weighted by molar-refractivity contribution is -0.136. The van der Waals surface area contributed by atoms with E-state index >= 15 is 0 Å². The molecule has 0 amide bonds. The quantitative estimate of drug-likeness (QED) is 0.426. The summed E-state index contributed by atoms with van der Waals surface area (Å²) >= 11 is 0. The van der Waals surface area contributed by atoms with E-state index in [1.807, 2.05) is 0 Å². The Morgan fingerprint density at radius 1 is 1.07 bits per heavy atom. The van der Waals surface area contributed by atoms with Gasteiger partial charge in [-0.2, -0.15) is 13.2 Å². The third kappa shape index (κ3) is 3.67. The molecule has 0 aliphatic rings. The van der Waals surface area contributed by atoms with Crippen molar-refractivity contribution in [3.05, 3.63) is 98.9 Å². The van der Waals surface area contributed by atoms with Crippen LogP contribution in [0.1, 0.15) is 16.7 Å². The number of hydrogen-bond donors (Lipinski definition) is 0. The van der Waals surface area contributed by atoms with Gasteiger partial charge in [-0.3, -0.25) is 4.79 Å². The van der Waals surface area contributed by atoms with E-state index in [9.17, 15) is 22.4 Å². The van der Waals surface area contributed by atoms with E-state index in [4.69, 9.17) is 6.57 Å². The molecule has 28 heavy (non-hydrogen) atoms. The number of alkyl halides is 3. The number of rotatable bonds is 3. The van der Waals surface area contributed by atoms with E-state index in [2.05, 4.69) is 4.85 Å². The molecule has 3 nitrogen and oxygen atoms in total. The predicted molar refractivity (Wildman–Crippen MR) is 97.6 cm³/mol. The molecular formula is C21H14F4N2O. The maximum Gasteiger partial charge on any atom is 0.407 e. The second-order valence-electron chi connectivity index (χ2n) is 6.25. The fourth-order valence-corrected chi connectivity index (χ4v) is 2.96. The van der Waals surface area contributed by atoms with E-state index in [0.717, 1.165) is 16.2 Å². The maximum absolute atomic E-state index is 14.1. The van der Waals surface area contributed by atoms with Gasteiger partial charge in [-0.1, -0.05) is 42.0 Å². The first kappa shape index (κ1) is 19.4. The van der Waals surface area contributed by atoms with E-state index in [-0.39, 0.29) is 17.8 Å². The van der Waals surface area contributed by atoms with Crippen LogP contribution >= 0.6 is 0 Å². The molecule has 1 aromatic heterocycles. The molecule has 2 aromatic carbocycles. The van der Waals surface area contributed by atoms with Crippen molar-refractivity contribution in [3.63, 3.8) is 0 Å². The summed E-state index contributed by atoms with van der Waals surface area (Å²) in [5.74, 6) is -0.589. The Labute approximate surface area is 158 Å². The molecule has 0 fully saturated rings. The Bertz CT molecular complexity index is 1140. The van der Waals surface area contributed by atoms with Gasteiger partial charge in [0.25, 0.3) is 11.2 Å². The van der Waals surface area contributed by atoms with Crippen LogP contribution in [0.3, 0.4) is 0 Å². The molecule has 1 heterocycles. The van der Waals surface area contributed by atoms with Gasteiger partial charge in [0, 0.05) is 11.3 Å². The van der Waals surface area contributed by atoms with Gasteiger partial charge in [-0.15, -0.1) is 0 Å². The molecule has 0 atom stereocenters. The third-order valence-electron chi connectivity index (χ3n) is 4.29. The van der Waals surface area contributed by atoms with Gasteiger partial charge in [0.15, 0.2) is 0 Å². The van der Waals surface area contributed by atoms with Gasteiger partial charge < -0.3 is 4.57 Å². The lowest BCUT2D eigenvalue weighted by Crippen LogP contribution is -2.25. The van der Waals surface area contributed by atoms with Crippen molar-refractivity contribution in [3.8, 4) is 11.3 Å². The monoisotopic (exact) mass is 386 g/mol. The van der Waals surface area contributed by atoms with Crippen molar-refractivity contribution in [2.24, 2.45) is 0 Å². The fraction of sp³-hybridized carbons (Fsp3) is 0.143. The molecule has 0 saturated carbocycles. The highest BCUT2D eigenvalue weighted by molar-refractivity contribution is 5.66. The first-order valence-electron chi connectivity index (χ1n) is 8.25. The molecule has 0 bridgehead atoms. The Kier molecular flexibility index (Phi) is 5.06. The minimum atomic E-state index is -4.87. The number of benzene rings is 2. The highest BCUT2D eigenvalue weighted by Gasteiger charge is 2.36. The molecule has 0 radical (unpaired) electrons. The van der Waals surface area contributed by atoms with Crippen LogP contribution in [0.5, 0.6) is 0 Å². The molecule has 0 N–H and O–H groups in total. The SMILES string of the molecule is [C-]#[N+]c1c(C(F)(F)F)cc(-c2cccc(C)c2)n(Cc2ccccc2F)c1=O. The number of hydrogen-bond acceptors (Lipinski definition) is 1. The van der Waals surface area contributed by atoms with Crippen LogP contribution in [0.4, 0.5) is 23.2 Å². The zero-order valence-electron chi connectivity index (χ0n) is 14.7. The normalized spacial score (nSPS) is 11.3. The minimum Gasteiger partial charge on any atom is -0.313 e. The number of nitrogens with zero attached hydrogens (tertiary/aromatic N) is 2. The summed E-state index contributed by atoms with van der Waals surface area (Å²) in [6, 6.07) is 13.1. The molecule has 0 spiro atoms. The van der Waals surface area contributed by atoms with Crippen LogP contribution in [0, 0.1) is 19.3 Å². The molecule has 0 aliphatic carbocycles. The molecule has 0 saturated heterocycles. The largest absolute Gasteiger partial charge is 0.407 e. The van der Waals surface area contributed by atoms with Gasteiger partial charge in [-0.25, -0.2) is 9.24 Å². The molecular weight excluding hydrogens is 372 g/mol. The molecule has 3 aromatic rings. The van der Waals surface area contributed by atoms with Crippen molar-refractivity contribution in [1.29, 1.82) is 0 Å². The Morgan fingerprint density at radius 3 is 2.39 bits per heavy atom. The molecule has 0 aliphatic heterocycles. The highest BCUT2D eigenvalue weighted by atomic mass is 19.4. The van der Waals surface area contributed by atoms with Crippen LogP contribution in [0.2, 0.25) is 0 Å². The maximum atomic E-state index is 14.1. The molecule has 142 valence electrons. The average molecular weight is 386 g/mol. The summed E-state index contributed by atoms with van der Waals surface area (Å²) in [7, 11) is 0. The lowest BCUT2D eigenvalue weighted by Gasteiger charge is -2.18. The van der Waals surface area contributed by atoms with Crippen LogP contribution < -0.4 is 5.56 Å². The van der Waals surface area contributed by atoms with Crippen molar-refractivity contribution in [1.82, 2.24) is 4.57 Å². The van der Waals surface area contributed by atoms with Gasteiger partial charge in [0.1, 0.15) is 5.82 Å². The summed E-state index contributed by atoms with van der Waals surface area (Å²) in [5, 5.41) is 0. The van der Waals surface area contributed by atoms with E-state index in [0.29, 0.717) is 5.56 Å². The van der Waals surface area contributed by atoms with Crippen LogP contribution in [0.25, 0.3) is 16.1 Å². The summed E-state index contributed by atoms with van der Waals surface area (Å²) in [5.41, 5.74) is -2.18. The fourth-order valence-electron chi connectivity index (χ4n) is 2.96. The van der Waals surface area contributed by atoms with Gasteiger partial charge in [-0.05, 0) is 30.7 Å².